The predicted molar refractivity (Wildman–Crippen MR) is 146 cm³/mol. The summed E-state index contributed by atoms with van der Waals surface area (Å²) in [4.78, 5) is 14.6. The lowest BCUT2D eigenvalue weighted by Crippen LogP contribution is -2.34. The third kappa shape index (κ3) is 5.41. The van der Waals surface area contributed by atoms with Crippen molar-refractivity contribution in [3.05, 3.63) is 59.1 Å². The van der Waals surface area contributed by atoms with Gasteiger partial charge in [-0.05, 0) is 63.2 Å². The number of hydrogen-bond acceptors (Lipinski definition) is 7. The zero-order valence-electron chi connectivity index (χ0n) is 21.0. The molecule has 1 aromatic carbocycles. The average molecular weight is 506 g/mol. The summed E-state index contributed by atoms with van der Waals surface area (Å²) < 4.78 is 15.4. The number of hydrogen-bond donors (Lipinski definition) is 1. The van der Waals surface area contributed by atoms with Crippen molar-refractivity contribution in [2.45, 2.75) is 32.7 Å². The molecule has 3 aromatic rings. The molecule has 3 heterocycles. The maximum absolute atomic E-state index is 13.4. The van der Waals surface area contributed by atoms with Crippen LogP contribution < -0.4 is 10.2 Å². The molecule has 0 aliphatic carbocycles. The van der Waals surface area contributed by atoms with E-state index in [0.717, 1.165) is 56.4 Å². The molecule has 1 unspecified atom stereocenters. The third-order valence-electron chi connectivity index (χ3n) is 6.41. The molecule has 1 atom stereocenters. The highest BCUT2D eigenvalue weighted by Gasteiger charge is 2.23. The van der Waals surface area contributed by atoms with E-state index in [2.05, 4.69) is 48.9 Å². The van der Waals surface area contributed by atoms with Gasteiger partial charge in [0.1, 0.15) is 34.1 Å². The smallest absolute Gasteiger partial charge is 0.192 e. The molecule has 36 heavy (non-hydrogen) atoms. The molecule has 2 aromatic heterocycles. The monoisotopic (exact) mass is 505 g/mol. The van der Waals surface area contributed by atoms with Crippen molar-refractivity contribution in [2.24, 2.45) is 0 Å². The minimum atomic E-state index is -0.324. The Morgan fingerprint density at radius 3 is 2.75 bits per heavy atom. The zero-order chi connectivity index (χ0) is 25.7. The second-order valence-electron chi connectivity index (χ2n) is 8.74. The number of nitrogens with zero attached hydrogens (tertiary/aromatic N) is 6. The van der Waals surface area contributed by atoms with Crippen LogP contribution in [-0.2, 0) is 6.42 Å². The van der Waals surface area contributed by atoms with Gasteiger partial charge in [-0.1, -0.05) is 30.9 Å². The van der Waals surface area contributed by atoms with Crippen LogP contribution in [0.2, 0.25) is 0 Å². The van der Waals surface area contributed by atoms with Gasteiger partial charge in [0, 0.05) is 37.9 Å². The van der Waals surface area contributed by atoms with Crippen LogP contribution in [-0.4, -0.2) is 58.7 Å². The molecule has 7 nitrogen and oxygen atoms in total. The minimum Gasteiger partial charge on any atom is -0.315 e. The van der Waals surface area contributed by atoms with Crippen LogP contribution >= 0.6 is 11.3 Å². The van der Waals surface area contributed by atoms with Crippen molar-refractivity contribution < 1.29 is 4.39 Å². The second-order valence-corrected chi connectivity index (χ2v) is 9.72. The van der Waals surface area contributed by atoms with Gasteiger partial charge in [0.05, 0.1) is 5.69 Å². The van der Waals surface area contributed by atoms with Gasteiger partial charge in [-0.3, -0.25) is 9.47 Å². The van der Waals surface area contributed by atoms with E-state index in [0.29, 0.717) is 27.3 Å². The Kier molecular flexibility index (Phi) is 8.31. The summed E-state index contributed by atoms with van der Waals surface area (Å²) in [7, 11) is 1.92. The fraction of sp³-hybridized carbons (Fsp3) is 0.370. The van der Waals surface area contributed by atoms with Crippen molar-refractivity contribution in [1.29, 1.82) is 5.26 Å². The molecule has 9 heteroatoms. The van der Waals surface area contributed by atoms with Crippen molar-refractivity contribution >= 4 is 34.6 Å². The summed E-state index contributed by atoms with van der Waals surface area (Å²) in [5, 5.41) is 13.8. The van der Waals surface area contributed by atoms with E-state index in [-0.39, 0.29) is 5.82 Å². The maximum atomic E-state index is 13.4. The van der Waals surface area contributed by atoms with E-state index >= 15 is 0 Å². The Morgan fingerprint density at radius 2 is 2.06 bits per heavy atom. The minimum absolute atomic E-state index is 0.293. The quantitative estimate of drug-likeness (QED) is 0.457. The number of rotatable bonds is 8. The van der Waals surface area contributed by atoms with Crippen molar-refractivity contribution in [3.8, 4) is 17.3 Å². The van der Waals surface area contributed by atoms with Gasteiger partial charge in [-0.2, -0.15) is 5.26 Å². The fourth-order valence-corrected chi connectivity index (χ4v) is 5.27. The normalized spacial score (nSPS) is 15.5. The first-order valence-electron chi connectivity index (χ1n) is 12.2. The number of anilines is 2. The highest BCUT2D eigenvalue weighted by molar-refractivity contribution is 7.16. The van der Waals surface area contributed by atoms with Crippen LogP contribution in [0.15, 0.2) is 36.9 Å². The Balaban J connectivity index is 1.66. The van der Waals surface area contributed by atoms with Crippen LogP contribution in [0.3, 0.4) is 0 Å². The number of halogens is 1. The molecule has 1 N–H and O–H groups in total. The van der Waals surface area contributed by atoms with Crippen LogP contribution in [0, 0.1) is 17.1 Å². The van der Waals surface area contributed by atoms with E-state index in [1.54, 1.807) is 18.3 Å². The molecular formula is C27H32FN7S. The molecule has 4 rings (SSSR count). The number of thiazole rings is 1. The topological polar surface area (TPSA) is 73.0 Å². The summed E-state index contributed by atoms with van der Waals surface area (Å²) in [6, 6.07) is 8.58. The molecule has 1 aliphatic rings. The molecular weight excluding hydrogens is 473 g/mol. The summed E-state index contributed by atoms with van der Waals surface area (Å²) in [6.07, 6.45) is 7.90. The largest absolute Gasteiger partial charge is 0.315 e. The highest BCUT2D eigenvalue weighted by atomic mass is 32.1. The van der Waals surface area contributed by atoms with E-state index in [9.17, 15) is 9.65 Å². The summed E-state index contributed by atoms with van der Waals surface area (Å²) in [6.45, 7) is 12.5. The number of aromatic nitrogens is 3. The predicted octanol–water partition coefficient (Wildman–Crippen LogP) is 5.15. The molecule has 0 bridgehead atoms. The first-order chi connectivity index (χ1) is 17.5. The molecule has 1 saturated heterocycles. The number of benzene rings is 1. The van der Waals surface area contributed by atoms with Gasteiger partial charge in [-0.15, -0.1) is 0 Å². The molecule has 0 amide bonds. The van der Waals surface area contributed by atoms with Crippen molar-refractivity contribution in [1.82, 2.24) is 24.8 Å². The lowest BCUT2D eigenvalue weighted by molar-refractivity contribution is 0.258. The zero-order valence-corrected chi connectivity index (χ0v) is 21.9. The lowest BCUT2D eigenvalue weighted by Gasteiger charge is -2.24. The van der Waals surface area contributed by atoms with Gasteiger partial charge in [0.25, 0.3) is 0 Å². The maximum Gasteiger partial charge on any atom is 0.192 e. The summed E-state index contributed by atoms with van der Waals surface area (Å²) >= 11 is 1.30. The van der Waals surface area contributed by atoms with E-state index in [1.807, 2.05) is 16.5 Å². The Bertz CT molecular complexity index is 1260. The highest BCUT2D eigenvalue weighted by Crippen LogP contribution is 2.37. The van der Waals surface area contributed by atoms with E-state index < -0.39 is 0 Å². The van der Waals surface area contributed by atoms with Gasteiger partial charge < -0.3 is 10.2 Å². The van der Waals surface area contributed by atoms with E-state index in [4.69, 9.17) is 9.97 Å². The van der Waals surface area contributed by atoms with Crippen LogP contribution in [0.1, 0.15) is 36.7 Å². The summed E-state index contributed by atoms with van der Waals surface area (Å²) in [5.41, 5.74) is 2.17. The molecule has 0 saturated carbocycles. The standard InChI is InChI=1S/C27H32FN7S/c1-5-22-26(33(4)27-32-25(23(18-29)36-27)20-9-11-21(28)12-10-20)35(6-2)24(31-22)13-8-19(3)34-16-7-14-30-15-17-34/h6,8-13,19,30H,2,5,7,14-17H2,1,3-4H3/b13-8-. The first-order valence-corrected chi connectivity index (χ1v) is 13.1. The number of nitrogens with one attached hydrogen (secondary N) is 1. The van der Waals surface area contributed by atoms with Crippen molar-refractivity contribution in [2.75, 3.05) is 38.1 Å². The van der Waals surface area contributed by atoms with Gasteiger partial charge in [-0.25, -0.2) is 14.4 Å². The molecule has 188 valence electrons. The number of nitriles is 1. The van der Waals surface area contributed by atoms with E-state index in [1.165, 1.54) is 23.5 Å². The van der Waals surface area contributed by atoms with Crippen LogP contribution in [0.5, 0.6) is 0 Å². The van der Waals surface area contributed by atoms with Crippen molar-refractivity contribution in [3.63, 3.8) is 0 Å². The van der Waals surface area contributed by atoms with Gasteiger partial charge >= 0.3 is 0 Å². The molecule has 0 spiro atoms. The average Bonchev–Trinajstić information content (AvgIpc) is 3.38. The lowest BCUT2D eigenvalue weighted by atomic mass is 10.1. The second kappa shape index (κ2) is 11.6. The van der Waals surface area contributed by atoms with Gasteiger partial charge in [0.2, 0.25) is 0 Å². The SMILES string of the molecule is C=Cn1c(/C=C\C(C)N2CCCNCC2)nc(CC)c1N(C)c1nc(-c2ccc(F)cc2)c(C#N)s1. The number of aryl methyl sites for hydroxylation is 1. The molecule has 1 aliphatic heterocycles. The first kappa shape index (κ1) is 25.8. The third-order valence-corrected chi connectivity index (χ3v) is 7.45. The summed E-state index contributed by atoms with van der Waals surface area (Å²) in [5.74, 6) is 1.34. The van der Waals surface area contributed by atoms with Crippen LogP contribution in [0.4, 0.5) is 15.3 Å². The van der Waals surface area contributed by atoms with Gasteiger partial charge in [0.15, 0.2) is 5.13 Å². The molecule has 0 radical (unpaired) electrons. The van der Waals surface area contributed by atoms with Crippen LogP contribution in [0.25, 0.3) is 23.5 Å². The Morgan fingerprint density at radius 1 is 1.28 bits per heavy atom. The number of imidazole rings is 1. The Hall–Kier alpha value is -3.32. The fourth-order valence-electron chi connectivity index (χ4n) is 4.42. The Labute approximate surface area is 216 Å². The molecule has 1 fully saturated rings.